The summed E-state index contributed by atoms with van der Waals surface area (Å²) in [5, 5.41) is 5.12. The van der Waals surface area contributed by atoms with E-state index in [-0.39, 0.29) is 0 Å². The molecule has 1 heterocycles. The topological polar surface area (TPSA) is 37.4 Å². The molecule has 2 rings (SSSR count). The van der Waals surface area contributed by atoms with E-state index >= 15 is 0 Å². The van der Waals surface area contributed by atoms with Gasteiger partial charge in [0.15, 0.2) is 0 Å². The van der Waals surface area contributed by atoms with Crippen molar-refractivity contribution in [2.45, 2.75) is 20.3 Å². The number of rotatable bonds is 10. The number of nitrogens with zero attached hydrogens (tertiary/aromatic N) is 2. The summed E-state index contributed by atoms with van der Waals surface area (Å²) in [6, 6.07) is 7.58. The van der Waals surface area contributed by atoms with Gasteiger partial charge in [-0.05, 0) is 56.9 Å². The number of benzene rings is 1. The highest BCUT2D eigenvalue weighted by molar-refractivity contribution is 6.31. The number of pyridine rings is 1. The molecule has 0 fully saturated rings. The first-order valence-corrected chi connectivity index (χ1v) is 8.72. The van der Waals surface area contributed by atoms with Crippen molar-refractivity contribution in [1.82, 2.24) is 15.2 Å². The third kappa shape index (κ3) is 5.65. The van der Waals surface area contributed by atoms with Gasteiger partial charge in [-0.15, -0.1) is 0 Å². The van der Waals surface area contributed by atoms with Gasteiger partial charge in [0.25, 0.3) is 0 Å². The summed E-state index contributed by atoms with van der Waals surface area (Å²) in [5.74, 6) is 0.858. The summed E-state index contributed by atoms with van der Waals surface area (Å²) in [6.07, 6.45) is 2.92. The number of ether oxygens (including phenoxy) is 1. The number of nitrogens with one attached hydrogen (secondary N) is 1. The molecule has 0 amide bonds. The Kier molecular flexibility index (Phi) is 7.59. The summed E-state index contributed by atoms with van der Waals surface area (Å²) in [4.78, 5) is 6.76. The second kappa shape index (κ2) is 9.71. The van der Waals surface area contributed by atoms with Gasteiger partial charge in [0.05, 0.1) is 5.52 Å². The Morgan fingerprint density at radius 2 is 2.00 bits per heavy atom. The lowest BCUT2D eigenvalue weighted by Gasteiger charge is -2.17. The number of hydrogen-bond acceptors (Lipinski definition) is 4. The second-order valence-corrected chi connectivity index (χ2v) is 5.89. The lowest BCUT2D eigenvalue weighted by Crippen LogP contribution is -2.28. The van der Waals surface area contributed by atoms with Crippen LogP contribution in [0.25, 0.3) is 10.9 Å². The van der Waals surface area contributed by atoms with Crippen LogP contribution < -0.4 is 10.1 Å². The minimum absolute atomic E-state index is 0.646. The number of hydrogen-bond donors (Lipinski definition) is 1. The van der Waals surface area contributed by atoms with E-state index in [4.69, 9.17) is 16.3 Å². The first-order valence-electron chi connectivity index (χ1n) is 8.34. The van der Waals surface area contributed by atoms with Gasteiger partial charge in [-0.25, -0.2) is 0 Å². The Balaban J connectivity index is 1.71. The van der Waals surface area contributed by atoms with E-state index in [1.807, 2.05) is 24.3 Å². The molecular formula is C18H26ClN3O. The van der Waals surface area contributed by atoms with Crippen molar-refractivity contribution in [3.05, 3.63) is 35.5 Å². The van der Waals surface area contributed by atoms with E-state index in [0.717, 1.165) is 49.4 Å². The number of fused-ring (bicyclic) bond motifs is 1. The third-order valence-corrected chi connectivity index (χ3v) is 4.16. The molecule has 0 aliphatic heterocycles. The standard InChI is InChI=1S/C18H26ClN3O/c1-3-22(4-2)12-5-9-20-11-13-23-18-8-10-21-17-14-15(19)6-7-16(17)18/h6-8,10,14,20H,3-5,9,11-13H2,1-2H3. The van der Waals surface area contributed by atoms with Gasteiger partial charge in [0.2, 0.25) is 0 Å². The molecule has 1 aromatic carbocycles. The van der Waals surface area contributed by atoms with Crippen molar-refractivity contribution < 1.29 is 4.74 Å². The van der Waals surface area contributed by atoms with Crippen molar-refractivity contribution in [3.63, 3.8) is 0 Å². The van der Waals surface area contributed by atoms with E-state index in [9.17, 15) is 0 Å². The molecule has 0 atom stereocenters. The maximum atomic E-state index is 6.00. The predicted octanol–water partition coefficient (Wildman–Crippen LogP) is 3.59. The van der Waals surface area contributed by atoms with E-state index in [2.05, 4.69) is 29.0 Å². The van der Waals surface area contributed by atoms with Crippen LogP contribution in [0.4, 0.5) is 0 Å². The highest BCUT2D eigenvalue weighted by Gasteiger charge is 2.03. The van der Waals surface area contributed by atoms with Crippen molar-refractivity contribution in [1.29, 1.82) is 0 Å². The van der Waals surface area contributed by atoms with E-state index in [1.165, 1.54) is 6.42 Å². The molecule has 126 valence electrons. The molecule has 4 nitrogen and oxygen atoms in total. The smallest absolute Gasteiger partial charge is 0.130 e. The van der Waals surface area contributed by atoms with Crippen LogP contribution in [0.5, 0.6) is 5.75 Å². The van der Waals surface area contributed by atoms with Crippen LogP contribution in [0, 0.1) is 0 Å². The van der Waals surface area contributed by atoms with E-state index in [1.54, 1.807) is 6.20 Å². The molecule has 0 aliphatic carbocycles. The molecule has 2 aromatic rings. The Hall–Kier alpha value is -1.36. The quantitative estimate of drug-likeness (QED) is 0.673. The van der Waals surface area contributed by atoms with Gasteiger partial charge in [-0.3, -0.25) is 4.98 Å². The zero-order chi connectivity index (χ0) is 16.5. The zero-order valence-electron chi connectivity index (χ0n) is 14.0. The number of aromatic nitrogens is 1. The maximum Gasteiger partial charge on any atom is 0.130 e. The molecule has 1 aromatic heterocycles. The molecule has 1 N–H and O–H groups in total. The Labute approximate surface area is 143 Å². The van der Waals surface area contributed by atoms with Crippen molar-refractivity contribution in [2.75, 3.05) is 39.3 Å². The van der Waals surface area contributed by atoms with Crippen LogP contribution in [0.1, 0.15) is 20.3 Å². The van der Waals surface area contributed by atoms with Gasteiger partial charge >= 0.3 is 0 Å². The summed E-state index contributed by atoms with van der Waals surface area (Å²) in [6.45, 7) is 10.3. The minimum atomic E-state index is 0.646. The minimum Gasteiger partial charge on any atom is -0.492 e. The molecule has 0 spiro atoms. The SMILES string of the molecule is CCN(CC)CCCNCCOc1ccnc2cc(Cl)ccc12. The summed E-state index contributed by atoms with van der Waals surface area (Å²) in [7, 11) is 0. The largest absolute Gasteiger partial charge is 0.492 e. The third-order valence-electron chi connectivity index (χ3n) is 3.92. The van der Waals surface area contributed by atoms with Crippen molar-refractivity contribution in [3.8, 4) is 5.75 Å². The monoisotopic (exact) mass is 335 g/mol. The fourth-order valence-electron chi connectivity index (χ4n) is 2.55. The molecule has 23 heavy (non-hydrogen) atoms. The van der Waals surface area contributed by atoms with Gasteiger partial charge in [0, 0.05) is 23.2 Å². The summed E-state index contributed by atoms with van der Waals surface area (Å²) in [5.41, 5.74) is 0.863. The first-order chi connectivity index (χ1) is 11.2. The van der Waals surface area contributed by atoms with Gasteiger partial charge in [-0.1, -0.05) is 25.4 Å². The highest BCUT2D eigenvalue weighted by atomic mass is 35.5. The van der Waals surface area contributed by atoms with E-state index in [0.29, 0.717) is 11.6 Å². The van der Waals surface area contributed by atoms with Crippen LogP contribution >= 0.6 is 11.6 Å². The molecule has 0 saturated carbocycles. The molecule has 0 aliphatic rings. The van der Waals surface area contributed by atoms with Crippen molar-refractivity contribution >= 4 is 22.5 Å². The first kappa shape index (κ1) is 18.0. The van der Waals surface area contributed by atoms with E-state index < -0.39 is 0 Å². The zero-order valence-corrected chi connectivity index (χ0v) is 14.8. The fraction of sp³-hybridized carbons (Fsp3) is 0.500. The fourth-order valence-corrected chi connectivity index (χ4v) is 2.71. The lowest BCUT2D eigenvalue weighted by atomic mass is 10.2. The van der Waals surface area contributed by atoms with Gasteiger partial charge < -0.3 is 15.0 Å². The van der Waals surface area contributed by atoms with Gasteiger partial charge in [-0.2, -0.15) is 0 Å². The highest BCUT2D eigenvalue weighted by Crippen LogP contribution is 2.25. The second-order valence-electron chi connectivity index (χ2n) is 5.45. The Morgan fingerprint density at radius 1 is 1.17 bits per heavy atom. The Morgan fingerprint density at radius 3 is 2.78 bits per heavy atom. The maximum absolute atomic E-state index is 6.00. The van der Waals surface area contributed by atoms with Crippen LogP contribution in [-0.2, 0) is 0 Å². The molecule has 0 saturated heterocycles. The van der Waals surface area contributed by atoms with Crippen LogP contribution in [0.15, 0.2) is 30.5 Å². The summed E-state index contributed by atoms with van der Waals surface area (Å²) >= 11 is 6.00. The predicted molar refractivity (Wildman–Crippen MR) is 97.5 cm³/mol. The molecule has 5 heteroatoms. The summed E-state index contributed by atoms with van der Waals surface area (Å²) < 4.78 is 5.87. The van der Waals surface area contributed by atoms with Gasteiger partial charge in [0.1, 0.15) is 12.4 Å². The Bertz CT molecular complexity index is 602. The number of halogens is 1. The lowest BCUT2D eigenvalue weighted by molar-refractivity contribution is 0.290. The average Bonchev–Trinajstić information content (AvgIpc) is 2.57. The molecule has 0 unspecified atom stereocenters. The van der Waals surface area contributed by atoms with Crippen LogP contribution in [0.2, 0.25) is 5.02 Å². The molecule has 0 radical (unpaired) electrons. The normalized spacial score (nSPS) is 11.3. The molecule has 0 bridgehead atoms. The average molecular weight is 336 g/mol. The van der Waals surface area contributed by atoms with Crippen molar-refractivity contribution in [2.24, 2.45) is 0 Å². The van der Waals surface area contributed by atoms with Crippen LogP contribution in [0.3, 0.4) is 0 Å². The molecular weight excluding hydrogens is 310 g/mol. The van der Waals surface area contributed by atoms with Crippen LogP contribution in [-0.4, -0.2) is 49.2 Å².